The van der Waals surface area contributed by atoms with E-state index in [4.69, 9.17) is 16.6 Å². The summed E-state index contributed by atoms with van der Waals surface area (Å²) >= 11 is 7.02. The highest BCUT2D eigenvalue weighted by Gasteiger charge is 2.30. The molecule has 0 saturated carbocycles. The molecule has 3 nitrogen and oxygen atoms in total. The molecular formula is C18H15F3N2OS2. The van der Waals surface area contributed by atoms with E-state index in [0.29, 0.717) is 23.9 Å². The number of anilines is 1. The van der Waals surface area contributed by atoms with Crippen LogP contribution in [0.2, 0.25) is 0 Å². The second kappa shape index (κ2) is 7.92. The molecular weight excluding hydrogens is 381 g/mol. The highest BCUT2D eigenvalue weighted by molar-refractivity contribution is 7.80. The van der Waals surface area contributed by atoms with Gasteiger partial charge < -0.3 is 14.6 Å². The molecule has 0 spiro atoms. The molecule has 0 aliphatic rings. The molecule has 2 heterocycles. The Kier molecular flexibility index (Phi) is 5.63. The zero-order chi connectivity index (χ0) is 18.6. The van der Waals surface area contributed by atoms with E-state index in [1.54, 1.807) is 29.7 Å². The normalized spacial score (nSPS) is 11.3. The lowest BCUT2D eigenvalue weighted by Crippen LogP contribution is -2.33. The van der Waals surface area contributed by atoms with E-state index in [9.17, 15) is 13.2 Å². The predicted octanol–water partition coefficient (Wildman–Crippen LogP) is 5.76. The van der Waals surface area contributed by atoms with E-state index >= 15 is 0 Å². The number of thiophene rings is 1. The second-order valence-corrected chi connectivity index (χ2v) is 6.94. The summed E-state index contributed by atoms with van der Waals surface area (Å²) in [6.07, 6.45) is -2.83. The topological polar surface area (TPSA) is 28.4 Å². The standard InChI is InChI=1S/C18H15F3N2OS2/c19-18(20,21)13-4-1-5-14(10-13)22-17(25)23(11-15-6-2-8-24-15)12-16-7-3-9-26-16/h1-10H,11-12H2,(H,22,25). The molecule has 0 saturated heterocycles. The average Bonchev–Trinajstić information content (AvgIpc) is 3.27. The van der Waals surface area contributed by atoms with Gasteiger partial charge in [-0.2, -0.15) is 13.2 Å². The minimum absolute atomic E-state index is 0.292. The molecule has 8 heteroatoms. The fourth-order valence-corrected chi connectivity index (χ4v) is 3.32. The molecule has 3 aromatic rings. The molecule has 1 N–H and O–H groups in total. The summed E-state index contributed by atoms with van der Waals surface area (Å²) < 4.78 is 44.0. The molecule has 0 atom stereocenters. The first-order valence-corrected chi connectivity index (χ1v) is 8.98. The molecule has 136 valence electrons. The smallest absolute Gasteiger partial charge is 0.416 e. The number of benzene rings is 1. The molecule has 0 unspecified atom stereocenters. The monoisotopic (exact) mass is 396 g/mol. The summed E-state index contributed by atoms with van der Waals surface area (Å²) in [5.74, 6) is 0.717. The van der Waals surface area contributed by atoms with E-state index in [-0.39, 0.29) is 0 Å². The van der Waals surface area contributed by atoms with E-state index in [0.717, 1.165) is 22.8 Å². The predicted molar refractivity (Wildman–Crippen MR) is 99.9 cm³/mol. The molecule has 0 amide bonds. The Balaban J connectivity index is 1.76. The van der Waals surface area contributed by atoms with Crippen LogP contribution in [0.25, 0.3) is 0 Å². The number of nitrogens with one attached hydrogen (secondary N) is 1. The van der Waals surface area contributed by atoms with Crippen LogP contribution in [-0.4, -0.2) is 10.0 Å². The Hall–Kier alpha value is -2.32. The molecule has 26 heavy (non-hydrogen) atoms. The van der Waals surface area contributed by atoms with E-state index in [1.165, 1.54) is 6.07 Å². The van der Waals surface area contributed by atoms with Crippen LogP contribution in [0, 0.1) is 0 Å². The summed E-state index contributed by atoms with van der Waals surface area (Å²) in [6, 6.07) is 12.5. The van der Waals surface area contributed by atoms with Gasteiger partial charge in [-0.3, -0.25) is 0 Å². The summed E-state index contributed by atoms with van der Waals surface area (Å²) in [5, 5.41) is 5.19. The lowest BCUT2D eigenvalue weighted by Gasteiger charge is -2.24. The molecule has 0 aliphatic carbocycles. The van der Waals surface area contributed by atoms with Gasteiger partial charge in [0.1, 0.15) is 5.76 Å². The van der Waals surface area contributed by atoms with Crippen LogP contribution in [0.1, 0.15) is 16.2 Å². The molecule has 1 aromatic carbocycles. The fourth-order valence-electron chi connectivity index (χ4n) is 2.36. The Morgan fingerprint density at radius 3 is 2.62 bits per heavy atom. The Morgan fingerprint density at radius 1 is 1.12 bits per heavy atom. The first-order valence-electron chi connectivity index (χ1n) is 7.70. The third-order valence-corrected chi connectivity index (χ3v) is 4.80. The van der Waals surface area contributed by atoms with Gasteiger partial charge in [0.15, 0.2) is 5.11 Å². The van der Waals surface area contributed by atoms with Crippen LogP contribution in [0.15, 0.2) is 64.6 Å². The van der Waals surface area contributed by atoms with E-state index in [1.807, 2.05) is 28.5 Å². The summed E-state index contributed by atoms with van der Waals surface area (Å²) in [5.41, 5.74) is -0.429. The van der Waals surface area contributed by atoms with E-state index < -0.39 is 11.7 Å². The third-order valence-electron chi connectivity index (χ3n) is 3.58. The zero-order valence-electron chi connectivity index (χ0n) is 13.5. The highest BCUT2D eigenvalue weighted by Crippen LogP contribution is 2.30. The minimum Gasteiger partial charge on any atom is -0.467 e. The Labute approximate surface area is 158 Å². The van der Waals surface area contributed by atoms with Crippen molar-refractivity contribution in [2.75, 3.05) is 5.32 Å². The lowest BCUT2D eigenvalue weighted by atomic mass is 10.2. The van der Waals surface area contributed by atoms with Crippen molar-refractivity contribution in [3.8, 4) is 0 Å². The molecule has 0 radical (unpaired) electrons. The number of halogens is 3. The number of rotatable bonds is 5. The molecule has 3 rings (SSSR count). The number of furan rings is 1. The van der Waals surface area contributed by atoms with Crippen molar-refractivity contribution in [2.24, 2.45) is 0 Å². The maximum atomic E-state index is 12.9. The van der Waals surface area contributed by atoms with Gasteiger partial charge in [0.25, 0.3) is 0 Å². The second-order valence-electron chi connectivity index (χ2n) is 5.52. The number of thiocarbonyl (C=S) groups is 1. The molecule has 0 aliphatic heterocycles. The van der Waals surface area contributed by atoms with Crippen LogP contribution in [-0.2, 0) is 19.3 Å². The van der Waals surface area contributed by atoms with Gasteiger partial charge in [-0.1, -0.05) is 12.1 Å². The van der Waals surface area contributed by atoms with Gasteiger partial charge in [0, 0.05) is 10.6 Å². The van der Waals surface area contributed by atoms with Crippen LogP contribution < -0.4 is 5.32 Å². The Morgan fingerprint density at radius 2 is 1.96 bits per heavy atom. The summed E-state index contributed by atoms with van der Waals surface area (Å²) in [4.78, 5) is 2.94. The first-order chi connectivity index (χ1) is 12.4. The van der Waals surface area contributed by atoms with Crippen LogP contribution >= 0.6 is 23.6 Å². The van der Waals surface area contributed by atoms with Crippen molar-refractivity contribution in [1.82, 2.24) is 4.90 Å². The zero-order valence-corrected chi connectivity index (χ0v) is 15.1. The highest BCUT2D eigenvalue weighted by atomic mass is 32.1. The average molecular weight is 396 g/mol. The fraction of sp³-hybridized carbons (Fsp3) is 0.167. The number of hydrogen-bond acceptors (Lipinski definition) is 3. The summed E-state index contributed by atoms with van der Waals surface area (Å²) in [6.45, 7) is 0.943. The number of nitrogens with zero attached hydrogens (tertiary/aromatic N) is 1. The third kappa shape index (κ3) is 4.86. The van der Waals surface area contributed by atoms with Crippen LogP contribution in [0.5, 0.6) is 0 Å². The quantitative estimate of drug-likeness (QED) is 0.555. The molecule has 2 aromatic heterocycles. The van der Waals surface area contributed by atoms with Gasteiger partial charge >= 0.3 is 6.18 Å². The van der Waals surface area contributed by atoms with Gasteiger partial charge in [0.2, 0.25) is 0 Å². The van der Waals surface area contributed by atoms with Gasteiger partial charge in [-0.25, -0.2) is 0 Å². The number of hydrogen-bond donors (Lipinski definition) is 1. The maximum Gasteiger partial charge on any atom is 0.416 e. The van der Waals surface area contributed by atoms with Crippen molar-refractivity contribution in [3.63, 3.8) is 0 Å². The van der Waals surface area contributed by atoms with Crippen molar-refractivity contribution in [3.05, 3.63) is 76.4 Å². The van der Waals surface area contributed by atoms with Crippen molar-refractivity contribution in [2.45, 2.75) is 19.3 Å². The van der Waals surface area contributed by atoms with Crippen LogP contribution in [0.4, 0.5) is 18.9 Å². The minimum atomic E-state index is -4.40. The largest absolute Gasteiger partial charge is 0.467 e. The molecule has 0 fully saturated rings. The maximum absolute atomic E-state index is 12.9. The Bertz CT molecular complexity index is 809. The molecule has 0 bridgehead atoms. The van der Waals surface area contributed by atoms with Crippen molar-refractivity contribution >= 4 is 34.4 Å². The lowest BCUT2D eigenvalue weighted by molar-refractivity contribution is -0.137. The summed E-state index contributed by atoms with van der Waals surface area (Å²) in [7, 11) is 0. The van der Waals surface area contributed by atoms with Crippen LogP contribution in [0.3, 0.4) is 0 Å². The van der Waals surface area contributed by atoms with Gasteiger partial charge in [-0.15, -0.1) is 11.3 Å². The SMILES string of the molecule is FC(F)(F)c1cccc(NC(=S)N(Cc2ccco2)Cc2cccs2)c1. The van der Waals surface area contributed by atoms with Crippen molar-refractivity contribution < 1.29 is 17.6 Å². The van der Waals surface area contributed by atoms with Gasteiger partial charge in [0.05, 0.1) is 24.9 Å². The van der Waals surface area contributed by atoms with Gasteiger partial charge in [-0.05, 0) is 54.0 Å². The van der Waals surface area contributed by atoms with E-state index in [2.05, 4.69) is 5.32 Å². The van der Waals surface area contributed by atoms with Crippen molar-refractivity contribution in [1.29, 1.82) is 0 Å². The number of alkyl halides is 3. The first kappa shape index (κ1) is 18.5.